The lowest BCUT2D eigenvalue weighted by Gasteiger charge is -2.20. The predicted octanol–water partition coefficient (Wildman–Crippen LogP) is 1.22. The number of amides is 1. The number of aliphatic carboxylic acids is 1. The molecule has 0 bridgehead atoms. The molecule has 0 fully saturated rings. The minimum atomic E-state index is -4.16. The zero-order chi connectivity index (χ0) is 17.1. The van der Waals surface area contributed by atoms with Crippen molar-refractivity contribution >= 4 is 33.5 Å². The molecule has 0 spiro atoms. The Kier molecular flexibility index (Phi) is 5.92. The Labute approximate surface area is 133 Å². The van der Waals surface area contributed by atoms with Gasteiger partial charge in [-0.15, -0.1) is 0 Å². The van der Waals surface area contributed by atoms with Crippen LogP contribution in [0, 0.1) is 5.92 Å². The van der Waals surface area contributed by atoms with Gasteiger partial charge in [-0.1, -0.05) is 31.9 Å². The summed E-state index contributed by atoms with van der Waals surface area (Å²) in [6.45, 7) is 3.37. The molecule has 1 aromatic rings. The molecule has 1 rings (SSSR count). The first-order valence-electron chi connectivity index (χ1n) is 6.44. The Hall–Kier alpha value is -1.64. The van der Waals surface area contributed by atoms with Gasteiger partial charge in [0.15, 0.2) is 0 Å². The number of primary amides is 1. The number of hydrogen-bond acceptors (Lipinski definition) is 4. The van der Waals surface area contributed by atoms with E-state index in [0.717, 1.165) is 12.1 Å². The average Bonchev–Trinajstić information content (AvgIpc) is 2.43. The van der Waals surface area contributed by atoms with Crippen molar-refractivity contribution in [1.29, 1.82) is 0 Å². The Morgan fingerprint density at radius 1 is 1.36 bits per heavy atom. The second-order valence-corrected chi connectivity index (χ2v) is 7.01. The summed E-state index contributed by atoms with van der Waals surface area (Å²) in [7, 11) is -4.16. The van der Waals surface area contributed by atoms with Crippen LogP contribution in [-0.4, -0.2) is 31.4 Å². The van der Waals surface area contributed by atoms with E-state index >= 15 is 0 Å². The largest absolute Gasteiger partial charge is 0.480 e. The minimum Gasteiger partial charge on any atom is -0.480 e. The molecule has 0 aliphatic heterocycles. The SMILES string of the molecule is CC[C@H](C)[C@H](NS(=O)(=O)c1cc(Cl)cc(C(N)=O)c1)C(=O)O. The van der Waals surface area contributed by atoms with Crippen molar-refractivity contribution in [3.63, 3.8) is 0 Å². The lowest BCUT2D eigenvalue weighted by atomic mass is 10.0. The van der Waals surface area contributed by atoms with E-state index in [2.05, 4.69) is 4.72 Å². The number of carboxylic acid groups (broad SMARTS) is 1. The third-order valence-corrected chi connectivity index (χ3v) is 4.87. The van der Waals surface area contributed by atoms with Gasteiger partial charge in [-0.3, -0.25) is 9.59 Å². The fourth-order valence-electron chi connectivity index (χ4n) is 1.74. The molecular formula is C13H17ClN2O5S. The Morgan fingerprint density at radius 2 is 1.95 bits per heavy atom. The van der Waals surface area contributed by atoms with E-state index in [-0.39, 0.29) is 15.5 Å². The van der Waals surface area contributed by atoms with Gasteiger partial charge in [0.05, 0.1) is 4.90 Å². The van der Waals surface area contributed by atoms with E-state index < -0.39 is 33.9 Å². The number of carbonyl (C=O) groups is 2. The molecule has 0 unspecified atom stereocenters. The number of benzene rings is 1. The molecule has 1 aromatic carbocycles. The third-order valence-electron chi connectivity index (χ3n) is 3.23. The van der Waals surface area contributed by atoms with E-state index in [4.69, 9.17) is 22.4 Å². The van der Waals surface area contributed by atoms with Gasteiger partial charge in [0.2, 0.25) is 15.9 Å². The molecule has 9 heteroatoms. The highest BCUT2D eigenvalue weighted by atomic mass is 35.5. The van der Waals surface area contributed by atoms with Crippen LogP contribution in [0.3, 0.4) is 0 Å². The van der Waals surface area contributed by atoms with Crippen molar-refractivity contribution in [3.8, 4) is 0 Å². The summed E-state index contributed by atoms with van der Waals surface area (Å²) < 4.78 is 26.7. The number of sulfonamides is 1. The molecule has 22 heavy (non-hydrogen) atoms. The molecule has 0 aliphatic rings. The lowest BCUT2D eigenvalue weighted by Crippen LogP contribution is -2.44. The van der Waals surface area contributed by atoms with E-state index in [1.165, 1.54) is 6.07 Å². The maximum Gasteiger partial charge on any atom is 0.322 e. The zero-order valence-electron chi connectivity index (χ0n) is 12.0. The molecule has 0 saturated heterocycles. The van der Waals surface area contributed by atoms with Crippen molar-refractivity contribution in [2.45, 2.75) is 31.2 Å². The molecule has 0 aliphatic carbocycles. The Balaban J connectivity index is 3.24. The summed E-state index contributed by atoms with van der Waals surface area (Å²) in [5.74, 6) is -2.53. The summed E-state index contributed by atoms with van der Waals surface area (Å²) in [5.41, 5.74) is 5.03. The maximum atomic E-state index is 12.3. The second kappa shape index (κ2) is 7.08. The molecule has 0 aromatic heterocycles. The summed E-state index contributed by atoms with van der Waals surface area (Å²) in [6, 6.07) is 2.11. The highest BCUT2D eigenvalue weighted by Crippen LogP contribution is 2.20. The molecule has 0 saturated carbocycles. The molecule has 2 atom stereocenters. The van der Waals surface area contributed by atoms with Crippen molar-refractivity contribution in [3.05, 3.63) is 28.8 Å². The van der Waals surface area contributed by atoms with Gasteiger partial charge in [-0.25, -0.2) is 8.42 Å². The fraction of sp³-hybridized carbons (Fsp3) is 0.385. The van der Waals surface area contributed by atoms with Gasteiger partial charge in [-0.2, -0.15) is 4.72 Å². The fourth-order valence-corrected chi connectivity index (χ4v) is 3.41. The van der Waals surface area contributed by atoms with E-state index in [1.54, 1.807) is 13.8 Å². The van der Waals surface area contributed by atoms with Crippen molar-refractivity contribution in [2.75, 3.05) is 0 Å². The van der Waals surface area contributed by atoms with Crippen LogP contribution in [0.25, 0.3) is 0 Å². The number of nitrogens with one attached hydrogen (secondary N) is 1. The summed E-state index contributed by atoms with van der Waals surface area (Å²) >= 11 is 5.77. The van der Waals surface area contributed by atoms with Crippen LogP contribution in [0.5, 0.6) is 0 Å². The first-order valence-corrected chi connectivity index (χ1v) is 8.30. The number of nitrogens with two attached hydrogens (primary N) is 1. The van der Waals surface area contributed by atoms with Crippen LogP contribution >= 0.6 is 11.6 Å². The highest BCUT2D eigenvalue weighted by Gasteiger charge is 2.29. The van der Waals surface area contributed by atoms with Gasteiger partial charge < -0.3 is 10.8 Å². The third kappa shape index (κ3) is 4.43. The van der Waals surface area contributed by atoms with Gasteiger partial charge in [0.25, 0.3) is 0 Å². The Morgan fingerprint density at radius 3 is 2.41 bits per heavy atom. The number of halogens is 1. The summed E-state index contributed by atoms with van der Waals surface area (Å²) in [5, 5.41) is 9.16. The topological polar surface area (TPSA) is 127 Å². The molecule has 122 valence electrons. The quantitative estimate of drug-likeness (QED) is 0.682. The number of hydrogen-bond donors (Lipinski definition) is 3. The number of rotatable bonds is 7. The first kappa shape index (κ1) is 18.4. The van der Waals surface area contributed by atoms with E-state index in [0.29, 0.717) is 6.42 Å². The normalized spacial score (nSPS) is 14.3. The van der Waals surface area contributed by atoms with Crippen LogP contribution in [0.1, 0.15) is 30.6 Å². The van der Waals surface area contributed by atoms with Crippen molar-refractivity contribution in [2.24, 2.45) is 11.7 Å². The standard InChI is InChI=1S/C13H17ClN2O5S/c1-3-7(2)11(13(18)19)16-22(20,21)10-5-8(12(15)17)4-9(14)6-10/h4-7,11,16H,3H2,1-2H3,(H2,15,17)(H,18,19)/t7-,11-/m0/s1. The smallest absolute Gasteiger partial charge is 0.322 e. The Bertz CT molecular complexity index is 690. The monoisotopic (exact) mass is 348 g/mol. The van der Waals surface area contributed by atoms with Crippen molar-refractivity contribution < 1.29 is 23.1 Å². The molecule has 0 radical (unpaired) electrons. The molecule has 4 N–H and O–H groups in total. The summed E-state index contributed by atoms with van der Waals surface area (Å²) in [4.78, 5) is 22.1. The molecule has 1 amide bonds. The number of carbonyl (C=O) groups excluding carboxylic acids is 1. The van der Waals surface area contributed by atoms with Crippen LogP contribution in [0.15, 0.2) is 23.1 Å². The van der Waals surface area contributed by atoms with E-state index in [1.807, 2.05) is 0 Å². The van der Waals surface area contributed by atoms with Crippen LogP contribution in [0.2, 0.25) is 5.02 Å². The zero-order valence-corrected chi connectivity index (χ0v) is 13.6. The van der Waals surface area contributed by atoms with Gasteiger partial charge in [0, 0.05) is 10.6 Å². The van der Waals surface area contributed by atoms with Crippen LogP contribution < -0.4 is 10.5 Å². The van der Waals surface area contributed by atoms with E-state index in [9.17, 15) is 18.0 Å². The second-order valence-electron chi connectivity index (χ2n) is 4.86. The molecule has 0 heterocycles. The molecular weight excluding hydrogens is 332 g/mol. The molecule has 7 nitrogen and oxygen atoms in total. The van der Waals surface area contributed by atoms with Crippen LogP contribution in [-0.2, 0) is 14.8 Å². The highest BCUT2D eigenvalue weighted by molar-refractivity contribution is 7.89. The lowest BCUT2D eigenvalue weighted by molar-refractivity contribution is -0.140. The van der Waals surface area contributed by atoms with Crippen molar-refractivity contribution in [1.82, 2.24) is 4.72 Å². The predicted molar refractivity (Wildman–Crippen MR) is 81.2 cm³/mol. The van der Waals surface area contributed by atoms with Gasteiger partial charge in [-0.05, 0) is 24.1 Å². The maximum absolute atomic E-state index is 12.3. The number of carboxylic acids is 1. The first-order chi connectivity index (χ1) is 10.1. The van der Waals surface area contributed by atoms with Crippen LogP contribution in [0.4, 0.5) is 0 Å². The van der Waals surface area contributed by atoms with Gasteiger partial charge in [0.1, 0.15) is 6.04 Å². The average molecular weight is 349 g/mol. The van der Waals surface area contributed by atoms with Gasteiger partial charge >= 0.3 is 5.97 Å². The minimum absolute atomic E-state index is 0.00656. The summed E-state index contributed by atoms with van der Waals surface area (Å²) in [6.07, 6.45) is 0.474.